The zero-order valence-electron chi connectivity index (χ0n) is 20.9. The standard InChI is InChI=1S/C25H29N3O9/c1-8-11-9(24(36)28(4)5)6-7-10(29)13(11)18(30)14-12(8)19(31)16-17(27(2)3)20(32)15(23(26)35)22(34)25(16,37)21(14)33/h6-8,12,16-17,19,29,31-33,37H,1-5H3,(H2,26,35). The minimum Gasteiger partial charge on any atom is -0.510 e. The van der Waals surface area contributed by atoms with Gasteiger partial charge in [0.05, 0.1) is 23.6 Å². The van der Waals surface area contributed by atoms with E-state index >= 15 is 0 Å². The number of ketones is 2. The average Bonchev–Trinajstić information content (AvgIpc) is 2.80. The summed E-state index contributed by atoms with van der Waals surface area (Å²) in [4.78, 5) is 54.7. The van der Waals surface area contributed by atoms with E-state index in [0.29, 0.717) is 0 Å². The Labute approximate surface area is 211 Å². The number of nitrogens with two attached hydrogens (primary N) is 1. The van der Waals surface area contributed by atoms with Crippen molar-refractivity contribution < 1.29 is 44.7 Å². The number of Topliss-reactive ketones (excluding diaryl/α,β-unsaturated/α-hetero) is 2. The highest BCUT2D eigenvalue weighted by Crippen LogP contribution is 2.56. The number of aliphatic hydroxyl groups excluding tert-OH is 3. The zero-order valence-corrected chi connectivity index (χ0v) is 20.9. The number of nitrogens with zero attached hydrogens (tertiary/aromatic N) is 2. The van der Waals surface area contributed by atoms with Gasteiger partial charge in [0.1, 0.15) is 22.8 Å². The molecule has 6 unspecified atom stereocenters. The van der Waals surface area contributed by atoms with Gasteiger partial charge in [-0.1, -0.05) is 6.92 Å². The topological polar surface area (TPSA) is 202 Å². The molecule has 0 saturated carbocycles. The second kappa shape index (κ2) is 8.40. The summed E-state index contributed by atoms with van der Waals surface area (Å²) in [7, 11) is 5.92. The molecular weight excluding hydrogens is 486 g/mol. The van der Waals surface area contributed by atoms with Gasteiger partial charge in [-0.25, -0.2) is 0 Å². The van der Waals surface area contributed by atoms with Crippen molar-refractivity contribution >= 4 is 23.4 Å². The van der Waals surface area contributed by atoms with Crippen LogP contribution in [0.1, 0.15) is 39.1 Å². The SMILES string of the molecule is CC1c2c(C(=O)N(C)C)ccc(O)c2C(=O)C2=C(O)C3(O)C(=O)C(C(N)=O)=C(O)C(N(C)C)C3C(O)C21. The van der Waals surface area contributed by atoms with Crippen LogP contribution in [0.3, 0.4) is 0 Å². The third-order valence-corrected chi connectivity index (χ3v) is 7.75. The Morgan fingerprint density at radius 1 is 1.05 bits per heavy atom. The second-order valence-corrected chi connectivity index (χ2v) is 10.2. The number of aromatic hydroxyl groups is 1. The third kappa shape index (κ3) is 3.26. The molecule has 0 fully saturated rings. The van der Waals surface area contributed by atoms with E-state index in [2.05, 4.69) is 0 Å². The number of rotatable bonds is 3. The molecule has 1 aromatic rings. The molecule has 0 aliphatic heterocycles. The lowest BCUT2D eigenvalue weighted by molar-refractivity contribution is -0.162. The van der Waals surface area contributed by atoms with Crippen LogP contribution < -0.4 is 5.73 Å². The number of benzene rings is 1. The Bertz CT molecular complexity index is 1330. The van der Waals surface area contributed by atoms with E-state index in [1.54, 1.807) is 6.92 Å². The molecule has 12 heteroatoms. The van der Waals surface area contributed by atoms with Crippen molar-refractivity contribution in [3.8, 4) is 5.75 Å². The monoisotopic (exact) mass is 515 g/mol. The Morgan fingerprint density at radius 2 is 1.65 bits per heavy atom. The minimum atomic E-state index is -2.99. The quantitative estimate of drug-likeness (QED) is 0.281. The number of hydrogen-bond donors (Lipinski definition) is 6. The number of likely N-dealkylation sites (N-methyl/N-ethyl adjacent to an activating group) is 1. The number of phenols is 1. The van der Waals surface area contributed by atoms with Gasteiger partial charge < -0.3 is 36.2 Å². The molecule has 3 aliphatic rings. The average molecular weight is 516 g/mol. The molecule has 3 aliphatic carbocycles. The first-order valence-electron chi connectivity index (χ1n) is 11.5. The highest BCUT2D eigenvalue weighted by molar-refractivity contribution is 6.25. The van der Waals surface area contributed by atoms with Gasteiger partial charge in [-0.15, -0.1) is 0 Å². The molecule has 2 amide bonds. The fourth-order valence-electron chi connectivity index (χ4n) is 6.13. The van der Waals surface area contributed by atoms with Crippen LogP contribution in [0.2, 0.25) is 0 Å². The van der Waals surface area contributed by atoms with Crippen molar-refractivity contribution in [3.05, 3.63) is 51.5 Å². The minimum absolute atomic E-state index is 0.0906. The molecule has 0 aromatic heterocycles. The van der Waals surface area contributed by atoms with Crippen molar-refractivity contribution in [2.45, 2.75) is 30.6 Å². The summed E-state index contributed by atoms with van der Waals surface area (Å²) in [5, 5.41) is 56.1. The van der Waals surface area contributed by atoms with Crippen LogP contribution >= 0.6 is 0 Å². The van der Waals surface area contributed by atoms with E-state index in [-0.39, 0.29) is 16.7 Å². The molecule has 0 saturated heterocycles. The molecular formula is C25H29N3O9. The first-order chi connectivity index (χ1) is 17.1. The molecule has 4 rings (SSSR count). The van der Waals surface area contributed by atoms with Gasteiger partial charge in [-0.3, -0.25) is 24.1 Å². The van der Waals surface area contributed by atoms with Crippen molar-refractivity contribution in [1.82, 2.24) is 9.80 Å². The van der Waals surface area contributed by atoms with Crippen molar-refractivity contribution in [1.29, 1.82) is 0 Å². The molecule has 0 heterocycles. The summed E-state index contributed by atoms with van der Waals surface area (Å²) < 4.78 is 0. The van der Waals surface area contributed by atoms with Crippen LogP contribution in [0.5, 0.6) is 5.75 Å². The first kappa shape index (κ1) is 26.3. The van der Waals surface area contributed by atoms with Gasteiger partial charge in [0.2, 0.25) is 5.78 Å². The summed E-state index contributed by atoms with van der Waals surface area (Å²) in [6.45, 7) is 1.57. The molecule has 6 atom stereocenters. The van der Waals surface area contributed by atoms with E-state index in [9.17, 15) is 44.7 Å². The van der Waals surface area contributed by atoms with E-state index in [1.165, 1.54) is 44.1 Å². The molecule has 198 valence electrons. The zero-order chi connectivity index (χ0) is 27.9. The van der Waals surface area contributed by atoms with Crippen LogP contribution in [-0.4, -0.2) is 105 Å². The predicted octanol–water partition coefficient (Wildman–Crippen LogP) is -0.646. The van der Waals surface area contributed by atoms with Crippen LogP contribution in [0.4, 0.5) is 0 Å². The van der Waals surface area contributed by atoms with Gasteiger partial charge in [-0.05, 0) is 37.7 Å². The fourth-order valence-corrected chi connectivity index (χ4v) is 6.13. The number of primary amides is 1. The van der Waals surface area contributed by atoms with Crippen LogP contribution in [0.15, 0.2) is 34.8 Å². The number of fused-ring (bicyclic) bond motifs is 3. The maximum absolute atomic E-state index is 13.7. The maximum Gasteiger partial charge on any atom is 0.255 e. The van der Waals surface area contributed by atoms with Crippen molar-refractivity contribution in [3.63, 3.8) is 0 Å². The van der Waals surface area contributed by atoms with Crippen molar-refractivity contribution in [2.75, 3.05) is 28.2 Å². The van der Waals surface area contributed by atoms with E-state index in [1.807, 2.05) is 0 Å². The van der Waals surface area contributed by atoms with Crippen molar-refractivity contribution in [2.24, 2.45) is 17.6 Å². The maximum atomic E-state index is 13.7. The molecule has 7 N–H and O–H groups in total. The predicted molar refractivity (Wildman–Crippen MR) is 128 cm³/mol. The van der Waals surface area contributed by atoms with Gasteiger partial charge in [0, 0.05) is 31.1 Å². The lowest BCUT2D eigenvalue weighted by atomic mass is 9.55. The number of hydrogen-bond acceptors (Lipinski definition) is 10. The largest absolute Gasteiger partial charge is 0.510 e. The number of phenolic OH excluding ortho intramolecular Hbond substituents is 1. The lowest BCUT2D eigenvalue weighted by Gasteiger charge is -2.53. The highest BCUT2D eigenvalue weighted by atomic mass is 16.4. The number of aliphatic hydroxyl groups is 4. The van der Waals surface area contributed by atoms with Gasteiger partial charge in [0.25, 0.3) is 11.8 Å². The summed E-state index contributed by atoms with van der Waals surface area (Å²) in [6.07, 6.45) is -1.74. The Kier molecular flexibility index (Phi) is 5.98. The third-order valence-electron chi connectivity index (χ3n) is 7.75. The summed E-state index contributed by atoms with van der Waals surface area (Å²) in [5.74, 6) is -10.5. The highest BCUT2D eigenvalue weighted by Gasteiger charge is 2.67. The molecule has 1 aromatic carbocycles. The Hall–Kier alpha value is -3.74. The van der Waals surface area contributed by atoms with E-state index in [4.69, 9.17) is 5.73 Å². The molecule has 0 radical (unpaired) electrons. The van der Waals surface area contributed by atoms with Crippen LogP contribution in [-0.2, 0) is 9.59 Å². The fraction of sp³-hybridized carbons (Fsp3) is 0.440. The van der Waals surface area contributed by atoms with Gasteiger partial charge in [0.15, 0.2) is 11.4 Å². The molecule has 37 heavy (non-hydrogen) atoms. The Balaban J connectivity index is 2.07. The number of amides is 2. The summed E-state index contributed by atoms with van der Waals surface area (Å²) >= 11 is 0. The Morgan fingerprint density at radius 3 is 2.16 bits per heavy atom. The second-order valence-electron chi connectivity index (χ2n) is 10.2. The molecule has 0 bridgehead atoms. The lowest BCUT2D eigenvalue weighted by Crippen LogP contribution is -2.68. The number of carbonyl (C=O) groups is 4. The van der Waals surface area contributed by atoms with Crippen LogP contribution in [0, 0.1) is 11.8 Å². The summed E-state index contributed by atoms with van der Waals surface area (Å²) in [5.41, 5.74) is 0.726. The van der Waals surface area contributed by atoms with E-state index < -0.39 is 87.3 Å². The van der Waals surface area contributed by atoms with E-state index in [0.717, 1.165) is 6.07 Å². The van der Waals surface area contributed by atoms with Gasteiger partial charge >= 0.3 is 0 Å². The number of carbonyl (C=O) groups excluding carboxylic acids is 4. The first-order valence-corrected chi connectivity index (χ1v) is 11.5. The normalized spacial score (nSPS) is 31.2. The molecule has 12 nitrogen and oxygen atoms in total. The summed E-state index contributed by atoms with van der Waals surface area (Å²) in [6, 6.07) is 1.13. The van der Waals surface area contributed by atoms with Crippen LogP contribution in [0.25, 0.3) is 0 Å². The van der Waals surface area contributed by atoms with Gasteiger partial charge in [-0.2, -0.15) is 0 Å². The smallest absolute Gasteiger partial charge is 0.255 e. The molecule has 0 spiro atoms.